The van der Waals surface area contributed by atoms with Crippen LogP contribution < -0.4 is 5.32 Å². The van der Waals surface area contributed by atoms with Crippen LogP contribution in [-0.2, 0) is 16.0 Å². The van der Waals surface area contributed by atoms with Crippen LogP contribution in [0, 0.1) is 46.3 Å². The fourth-order valence-corrected chi connectivity index (χ4v) is 10.0. The molecule has 7 nitrogen and oxygen atoms in total. The van der Waals surface area contributed by atoms with Crippen LogP contribution >= 0.6 is 0 Å². The molecule has 1 aromatic rings. The first-order valence-electron chi connectivity index (χ1n) is 15.5. The standard InChI is InChI=1S/C33H49NO6/c1-19(9-12-29(38)34-26(31(39)40)15-20-7-5-4-6-8-20)23-10-11-24-30-25(18-28(37)33(23,24)3)32(2)14-13-22(35)16-21(32)17-27(30)36/h4-8,19,21-28,30,35-37H,9-18H2,1-3H3,(H,34,38)(H,39,40). The smallest absolute Gasteiger partial charge is 0.326 e. The number of carboxylic acid groups (broad SMARTS) is 1. The zero-order valence-electron chi connectivity index (χ0n) is 24.3. The summed E-state index contributed by atoms with van der Waals surface area (Å²) in [4.78, 5) is 24.7. The number of aliphatic carboxylic acids is 1. The number of aliphatic hydroxyl groups excluding tert-OH is 3. The topological polar surface area (TPSA) is 127 Å². The highest BCUT2D eigenvalue weighted by molar-refractivity contribution is 5.83. The Morgan fingerprint density at radius 2 is 1.73 bits per heavy atom. The molecule has 0 aliphatic heterocycles. The van der Waals surface area contributed by atoms with E-state index in [1.165, 1.54) is 0 Å². The monoisotopic (exact) mass is 555 g/mol. The van der Waals surface area contributed by atoms with Crippen LogP contribution in [0.4, 0.5) is 0 Å². The molecule has 1 amide bonds. The van der Waals surface area contributed by atoms with E-state index in [-0.39, 0.29) is 65.3 Å². The molecule has 40 heavy (non-hydrogen) atoms. The van der Waals surface area contributed by atoms with Crippen LogP contribution in [0.25, 0.3) is 0 Å². The summed E-state index contributed by atoms with van der Waals surface area (Å²) in [5.74, 6) is 0.120. The molecule has 222 valence electrons. The molecule has 5 N–H and O–H groups in total. The van der Waals surface area contributed by atoms with Gasteiger partial charge in [-0.15, -0.1) is 0 Å². The molecular formula is C33H49NO6. The summed E-state index contributed by atoms with van der Waals surface area (Å²) >= 11 is 0. The van der Waals surface area contributed by atoms with E-state index < -0.39 is 24.2 Å². The fourth-order valence-electron chi connectivity index (χ4n) is 10.0. The first kappa shape index (κ1) is 29.5. The van der Waals surface area contributed by atoms with Crippen molar-refractivity contribution in [3.63, 3.8) is 0 Å². The second-order valence-corrected chi connectivity index (χ2v) is 14.2. The number of hydrogen-bond donors (Lipinski definition) is 5. The normalized spacial score (nSPS) is 42.1. The second-order valence-electron chi connectivity index (χ2n) is 14.2. The molecule has 12 unspecified atom stereocenters. The summed E-state index contributed by atoms with van der Waals surface area (Å²) in [5.41, 5.74) is 0.604. The quantitative estimate of drug-likeness (QED) is 0.328. The largest absolute Gasteiger partial charge is 0.480 e. The van der Waals surface area contributed by atoms with E-state index in [1.807, 2.05) is 30.3 Å². The lowest BCUT2D eigenvalue weighted by Gasteiger charge is -2.63. The first-order valence-corrected chi connectivity index (χ1v) is 15.5. The van der Waals surface area contributed by atoms with Crippen molar-refractivity contribution in [1.82, 2.24) is 5.32 Å². The summed E-state index contributed by atoms with van der Waals surface area (Å²) in [6.07, 6.45) is 5.91. The van der Waals surface area contributed by atoms with Crippen molar-refractivity contribution in [2.24, 2.45) is 46.3 Å². The molecule has 4 fully saturated rings. The Bertz CT molecular complexity index is 1060. The minimum atomic E-state index is -1.04. The number of carbonyl (C=O) groups is 2. The lowest BCUT2D eigenvalue weighted by molar-refractivity contribution is -0.207. The SMILES string of the molecule is CC(CCC(=O)NC(Cc1ccccc1)C(=O)O)C1CCC2C3C(O)CC4CC(O)CCC4(C)C3CC(O)C12C. The van der Waals surface area contributed by atoms with E-state index in [1.54, 1.807) is 0 Å². The number of rotatable bonds is 8. The number of hydrogen-bond acceptors (Lipinski definition) is 5. The van der Waals surface area contributed by atoms with Crippen LogP contribution in [0.5, 0.6) is 0 Å². The number of benzene rings is 1. The van der Waals surface area contributed by atoms with Crippen LogP contribution in [0.1, 0.15) is 84.1 Å². The first-order chi connectivity index (χ1) is 18.9. The van der Waals surface area contributed by atoms with Gasteiger partial charge < -0.3 is 25.7 Å². The summed E-state index contributed by atoms with van der Waals surface area (Å²) in [6, 6.07) is 8.36. The Labute approximate surface area is 238 Å². The van der Waals surface area contributed by atoms with Crippen LogP contribution in [0.15, 0.2) is 30.3 Å². The maximum atomic E-state index is 12.8. The van der Waals surface area contributed by atoms with Crippen LogP contribution in [0.3, 0.4) is 0 Å². The maximum Gasteiger partial charge on any atom is 0.326 e. The minimum Gasteiger partial charge on any atom is -0.480 e. The van der Waals surface area contributed by atoms with E-state index in [2.05, 4.69) is 26.1 Å². The summed E-state index contributed by atoms with van der Waals surface area (Å²) in [7, 11) is 0. The molecule has 0 saturated heterocycles. The number of carbonyl (C=O) groups excluding carboxylic acids is 1. The van der Waals surface area contributed by atoms with Crippen molar-refractivity contribution in [1.29, 1.82) is 0 Å². The lowest BCUT2D eigenvalue weighted by atomic mass is 9.43. The average Bonchev–Trinajstić information content (AvgIpc) is 3.27. The Kier molecular flexibility index (Phi) is 8.40. The van der Waals surface area contributed by atoms with Gasteiger partial charge in [-0.2, -0.15) is 0 Å². The van der Waals surface area contributed by atoms with Crippen molar-refractivity contribution >= 4 is 11.9 Å². The lowest BCUT2D eigenvalue weighted by Crippen LogP contribution is -2.62. The third-order valence-corrected chi connectivity index (χ3v) is 12.3. The van der Waals surface area contributed by atoms with Gasteiger partial charge in [0.2, 0.25) is 5.91 Å². The Morgan fingerprint density at radius 1 is 1.00 bits per heavy atom. The molecule has 1 aromatic carbocycles. The molecule has 0 radical (unpaired) electrons. The Balaban J connectivity index is 1.23. The number of aliphatic hydroxyl groups is 3. The van der Waals surface area contributed by atoms with E-state index in [0.29, 0.717) is 18.8 Å². The second kappa shape index (κ2) is 11.4. The number of fused-ring (bicyclic) bond motifs is 5. The minimum absolute atomic E-state index is 0.0493. The Hall–Kier alpha value is -1.96. The zero-order chi connectivity index (χ0) is 28.8. The molecule has 4 saturated carbocycles. The molecule has 5 rings (SSSR count). The summed E-state index contributed by atoms with van der Waals surface area (Å²) in [6.45, 7) is 6.73. The maximum absolute atomic E-state index is 12.8. The van der Waals surface area contributed by atoms with Gasteiger partial charge in [-0.05, 0) is 103 Å². The van der Waals surface area contributed by atoms with E-state index in [9.17, 15) is 30.0 Å². The molecule has 0 heterocycles. The highest BCUT2D eigenvalue weighted by Crippen LogP contribution is 2.68. The highest BCUT2D eigenvalue weighted by atomic mass is 16.4. The third kappa shape index (κ3) is 5.22. The molecule has 0 bridgehead atoms. The molecule has 0 aromatic heterocycles. The van der Waals surface area contributed by atoms with Crippen LogP contribution in [-0.4, -0.2) is 56.7 Å². The summed E-state index contributed by atoms with van der Waals surface area (Å²) in [5, 5.41) is 45.9. The van der Waals surface area contributed by atoms with Crippen molar-refractivity contribution in [2.75, 3.05) is 0 Å². The number of nitrogens with one attached hydrogen (secondary N) is 1. The van der Waals surface area contributed by atoms with E-state index in [0.717, 1.165) is 44.1 Å². The predicted octanol–water partition coefficient (Wildman–Crippen LogP) is 4.18. The third-order valence-electron chi connectivity index (χ3n) is 12.3. The van der Waals surface area contributed by atoms with Crippen molar-refractivity contribution in [2.45, 2.75) is 109 Å². The van der Waals surface area contributed by atoms with Gasteiger partial charge >= 0.3 is 5.97 Å². The molecule has 7 heteroatoms. The van der Waals surface area contributed by atoms with Crippen molar-refractivity contribution in [3.8, 4) is 0 Å². The van der Waals surface area contributed by atoms with Gasteiger partial charge in [0.1, 0.15) is 6.04 Å². The summed E-state index contributed by atoms with van der Waals surface area (Å²) < 4.78 is 0. The number of carboxylic acids is 1. The van der Waals surface area contributed by atoms with Crippen molar-refractivity contribution < 1.29 is 30.0 Å². The van der Waals surface area contributed by atoms with Gasteiger partial charge in [0.05, 0.1) is 18.3 Å². The fraction of sp³-hybridized carbons (Fsp3) is 0.758. The number of amides is 1. The molecular weight excluding hydrogens is 506 g/mol. The molecule has 4 aliphatic rings. The van der Waals surface area contributed by atoms with Crippen molar-refractivity contribution in [3.05, 3.63) is 35.9 Å². The van der Waals surface area contributed by atoms with Gasteiger partial charge in [0.15, 0.2) is 0 Å². The van der Waals surface area contributed by atoms with E-state index >= 15 is 0 Å². The molecule has 0 spiro atoms. The molecule has 12 atom stereocenters. The van der Waals surface area contributed by atoms with Crippen LogP contribution in [0.2, 0.25) is 0 Å². The van der Waals surface area contributed by atoms with Gasteiger partial charge in [-0.25, -0.2) is 4.79 Å². The van der Waals surface area contributed by atoms with Gasteiger partial charge in [0.25, 0.3) is 0 Å². The molecule has 4 aliphatic carbocycles. The van der Waals surface area contributed by atoms with Gasteiger partial charge in [-0.3, -0.25) is 4.79 Å². The van der Waals surface area contributed by atoms with Gasteiger partial charge in [-0.1, -0.05) is 51.1 Å². The highest BCUT2D eigenvalue weighted by Gasteiger charge is 2.65. The van der Waals surface area contributed by atoms with E-state index in [4.69, 9.17) is 0 Å². The zero-order valence-corrected chi connectivity index (χ0v) is 24.3. The Morgan fingerprint density at radius 3 is 2.42 bits per heavy atom. The predicted molar refractivity (Wildman–Crippen MR) is 152 cm³/mol. The average molecular weight is 556 g/mol. The van der Waals surface area contributed by atoms with Gasteiger partial charge in [0, 0.05) is 12.8 Å².